The van der Waals surface area contributed by atoms with Crippen LogP contribution in [-0.4, -0.2) is 27.1 Å². The van der Waals surface area contributed by atoms with Crippen LogP contribution in [0, 0.1) is 16.1 Å². The van der Waals surface area contributed by atoms with Gasteiger partial charge in [-0.15, -0.1) is 11.8 Å². The number of rotatable bonds is 3. The maximum Gasteiger partial charge on any atom is 0.264 e. The Kier molecular flexibility index (Phi) is 4.14. The number of halogens is 1. The lowest BCUT2D eigenvalue weighted by molar-refractivity contribution is -0.403. The van der Waals surface area contributed by atoms with Gasteiger partial charge in [-0.05, 0) is 18.1 Å². The lowest BCUT2D eigenvalue weighted by Crippen LogP contribution is -2.27. The summed E-state index contributed by atoms with van der Waals surface area (Å²) in [4.78, 5) is 15.6. The Labute approximate surface area is 108 Å². The molecule has 0 radical (unpaired) electrons. The highest BCUT2D eigenvalue weighted by atomic mass is 32.2. The van der Waals surface area contributed by atoms with Gasteiger partial charge in [-0.1, -0.05) is 6.07 Å². The minimum absolute atomic E-state index is 0.441. The zero-order valence-corrected chi connectivity index (χ0v) is 10.4. The van der Waals surface area contributed by atoms with Crippen LogP contribution >= 0.6 is 11.8 Å². The molecule has 1 aromatic heterocycles. The Bertz CT molecular complexity index is 464. The van der Waals surface area contributed by atoms with E-state index in [1.165, 1.54) is 24.0 Å². The second-order valence-electron chi connectivity index (χ2n) is 3.87. The second-order valence-corrected chi connectivity index (χ2v) is 4.98. The third-order valence-electron chi connectivity index (χ3n) is 2.51. The van der Waals surface area contributed by atoms with E-state index in [-0.39, 0.29) is 0 Å². The molecular formula is C11H12FN3O2S. The van der Waals surface area contributed by atoms with Crippen molar-refractivity contribution in [3.05, 3.63) is 51.2 Å². The van der Waals surface area contributed by atoms with Crippen molar-refractivity contribution in [1.29, 1.82) is 0 Å². The Morgan fingerprint density at radius 3 is 3.11 bits per heavy atom. The van der Waals surface area contributed by atoms with E-state index < -0.39 is 10.9 Å². The molecule has 0 aliphatic carbocycles. The molecule has 2 rings (SSSR count). The Morgan fingerprint density at radius 2 is 2.44 bits per heavy atom. The van der Waals surface area contributed by atoms with E-state index in [1.807, 2.05) is 4.90 Å². The summed E-state index contributed by atoms with van der Waals surface area (Å²) in [6.07, 6.45) is 3.47. The molecule has 0 atom stereocenters. The fraction of sp³-hybridized carbons (Fsp3) is 0.364. The fourth-order valence-electron chi connectivity index (χ4n) is 1.72. The maximum absolute atomic E-state index is 12.7. The summed E-state index contributed by atoms with van der Waals surface area (Å²) >= 11 is 1.47. The third kappa shape index (κ3) is 3.43. The van der Waals surface area contributed by atoms with Crippen LogP contribution in [0.5, 0.6) is 0 Å². The first-order valence-corrected chi connectivity index (χ1v) is 6.47. The molecule has 2 heterocycles. The molecule has 1 aliphatic heterocycles. The summed E-state index contributed by atoms with van der Waals surface area (Å²) < 4.78 is 12.7. The van der Waals surface area contributed by atoms with Gasteiger partial charge < -0.3 is 4.90 Å². The highest BCUT2D eigenvalue weighted by Crippen LogP contribution is 2.28. The van der Waals surface area contributed by atoms with Crippen molar-refractivity contribution < 1.29 is 9.31 Å². The SMILES string of the molecule is O=[N+]([O-])C=C1SCCCN1Cc1ccc(F)nc1. The van der Waals surface area contributed by atoms with E-state index in [9.17, 15) is 14.5 Å². The normalized spacial score (nSPS) is 18.1. The van der Waals surface area contributed by atoms with E-state index >= 15 is 0 Å². The zero-order valence-electron chi connectivity index (χ0n) is 9.58. The van der Waals surface area contributed by atoms with Crippen molar-refractivity contribution in [2.75, 3.05) is 12.3 Å². The number of aromatic nitrogens is 1. The van der Waals surface area contributed by atoms with Crippen molar-refractivity contribution in [3.8, 4) is 0 Å². The summed E-state index contributed by atoms with van der Waals surface area (Å²) in [5, 5.41) is 11.2. The molecule has 1 aromatic rings. The molecule has 0 spiro atoms. The molecule has 1 aliphatic rings. The van der Waals surface area contributed by atoms with Gasteiger partial charge >= 0.3 is 0 Å². The molecule has 0 saturated carbocycles. The zero-order chi connectivity index (χ0) is 13.0. The minimum atomic E-state index is -0.521. The van der Waals surface area contributed by atoms with E-state index in [1.54, 1.807) is 6.07 Å². The van der Waals surface area contributed by atoms with Gasteiger partial charge in [0, 0.05) is 25.0 Å². The van der Waals surface area contributed by atoms with Crippen LogP contribution in [0.4, 0.5) is 4.39 Å². The number of pyridine rings is 1. The van der Waals surface area contributed by atoms with Gasteiger partial charge in [0.15, 0.2) is 0 Å². The number of hydrogen-bond donors (Lipinski definition) is 0. The van der Waals surface area contributed by atoms with Gasteiger partial charge in [0.25, 0.3) is 6.20 Å². The van der Waals surface area contributed by atoms with Crippen LogP contribution in [0.2, 0.25) is 0 Å². The minimum Gasteiger partial charge on any atom is -0.357 e. The number of thioether (sulfide) groups is 1. The average molecular weight is 269 g/mol. The van der Waals surface area contributed by atoms with Gasteiger partial charge in [0.1, 0.15) is 5.03 Å². The lowest BCUT2D eigenvalue weighted by Gasteiger charge is -2.29. The predicted octanol–water partition coefficient (Wildman–Crippen LogP) is 2.24. The summed E-state index contributed by atoms with van der Waals surface area (Å²) in [6, 6.07) is 2.94. The molecule has 0 amide bonds. The van der Waals surface area contributed by atoms with Crippen LogP contribution in [0.1, 0.15) is 12.0 Å². The summed E-state index contributed by atoms with van der Waals surface area (Å²) in [7, 11) is 0. The molecule has 1 saturated heterocycles. The maximum atomic E-state index is 12.7. The predicted molar refractivity (Wildman–Crippen MR) is 66.8 cm³/mol. The van der Waals surface area contributed by atoms with E-state index in [2.05, 4.69) is 4.98 Å². The Hall–Kier alpha value is -1.63. The van der Waals surface area contributed by atoms with Gasteiger partial charge in [-0.3, -0.25) is 10.1 Å². The fourth-order valence-corrected chi connectivity index (χ4v) is 2.70. The Morgan fingerprint density at radius 1 is 1.61 bits per heavy atom. The van der Waals surface area contributed by atoms with E-state index in [0.717, 1.165) is 30.5 Å². The van der Waals surface area contributed by atoms with Crippen LogP contribution in [-0.2, 0) is 6.54 Å². The molecule has 5 nitrogen and oxygen atoms in total. The molecule has 0 N–H and O–H groups in total. The van der Waals surface area contributed by atoms with Crippen LogP contribution in [0.15, 0.2) is 29.6 Å². The molecule has 0 unspecified atom stereocenters. The van der Waals surface area contributed by atoms with Crippen LogP contribution in [0.25, 0.3) is 0 Å². The van der Waals surface area contributed by atoms with Crippen LogP contribution in [0.3, 0.4) is 0 Å². The number of hydrogen-bond acceptors (Lipinski definition) is 5. The van der Waals surface area contributed by atoms with Crippen molar-refractivity contribution in [2.24, 2.45) is 0 Å². The molecule has 0 bridgehead atoms. The standard InChI is InChI=1S/C11H12FN3O2S/c12-10-3-2-9(6-13-10)7-14-4-1-5-18-11(14)8-15(16)17/h2-3,6,8H,1,4-5,7H2. The Balaban J connectivity index is 2.10. The second kappa shape index (κ2) is 5.81. The molecular weight excluding hydrogens is 257 g/mol. The van der Waals surface area contributed by atoms with Crippen molar-refractivity contribution in [1.82, 2.24) is 9.88 Å². The largest absolute Gasteiger partial charge is 0.357 e. The quantitative estimate of drug-likeness (QED) is 0.478. The van der Waals surface area contributed by atoms with Gasteiger partial charge in [0.2, 0.25) is 5.95 Å². The highest BCUT2D eigenvalue weighted by molar-refractivity contribution is 8.03. The van der Waals surface area contributed by atoms with Gasteiger partial charge in [-0.25, -0.2) is 4.98 Å². The summed E-state index contributed by atoms with van der Waals surface area (Å²) in [5.41, 5.74) is 0.841. The lowest BCUT2D eigenvalue weighted by atomic mass is 10.2. The monoisotopic (exact) mass is 269 g/mol. The average Bonchev–Trinajstić information content (AvgIpc) is 2.34. The first-order valence-electron chi connectivity index (χ1n) is 5.48. The molecule has 1 fully saturated rings. The molecule has 96 valence electrons. The van der Waals surface area contributed by atoms with Crippen molar-refractivity contribution in [3.63, 3.8) is 0 Å². The van der Waals surface area contributed by atoms with Gasteiger partial charge in [0.05, 0.1) is 4.92 Å². The van der Waals surface area contributed by atoms with Crippen molar-refractivity contribution >= 4 is 11.8 Å². The summed E-state index contributed by atoms with van der Waals surface area (Å²) in [5.74, 6) is 0.366. The van der Waals surface area contributed by atoms with E-state index in [4.69, 9.17) is 0 Å². The van der Waals surface area contributed by atoms with Crippen LogP contribution < -0.4 is 0 Å². The molecule has 18 heavy (non-hydrogen) atoms. The smallest absolute Gasteiger partial charge is 0.264 e. The van der Waals surface area contributed by atoms with Crippen molar-refractivity contribution in [2.45, 2.75) is 13.0 Å². The molecule has 7 heteroatoms. The van der Waals surface area contributed by atoms with E-state index in [0.29, 0.717) is 11.6 Å². The van der Waals surface area contributed by atoms with Gasteiger partial charge in [-0.2, -0.15) is 4.39 Å². The first kappa shape index (κ1) is 12.8. The third-order valence-corrected chi connectivity index (χ3v) is 3.66. The highest BCUT2D eigenvalue weighted by Gasteiger charge is 2.18. The topological polar surface area (TPSA) is 59.3 Å². The summed E-state index contributed by atoms with van der Waals surface area (Å²) in [6.45, 7) is 1.28. The molecule has 0 aromatic carbocycles. The number of nitrogens with zero attached hydrogens (tertiary/aromatic N) is 3. The first-order chi connectivity index (χ1) is 8.65. The number of nitro groups is 1.